The molecule has 0 N–H and O–H groups in total. The van der Waals surface area contributed by atoms with Gasteiger partial charge in [-0.15, -0.1) is 0 Å². The van der Waals surface area contributed by atoms with Gasteiger partial charge in [-0.25, -0.2) is 24.0 Å². The maximum absolute atomic E-state index is 12.6. The van der Waals surface area contributed by atoms with Crippen molar-refractivity contribution in [2.45, 2.75) is 71.6 Å². The smallest absolute Gasteiger partial charge is 0.348 e. The molecular formula is C75H80N10O15. The summed E-state index contributed by atoms with van der Waals surface area (Å²) in [5, 5.41) is 40.6. The Balaban J connectivity index is 1.47. The fourth-order valence-electron chi connectivity index (χ4n) is 9.96. The third-order valence-corrected chi connectivity index (χ3v) is 15.2. The van der Waals surface area contributed by atoms with Gasteiger partial charge in [-0.1, -0.05) is 60.7 Å². The zero-order valence-corrected chi connectivity index (χ0v) is 57.5. The van der Waals surface area contributed by atoms with Crippen LogP contribution in [0.25, 0.3) is 35.2 Å². The molecule has 1 fully saturated rings. The van der Waals surface area contributed by atoms with E-state index in [1.54, 1.807) is 156 Å². The van der Waals surface area contributed by atoms with E-state index in [-0.39, 0.29) is 94.4 Å². The first-order chi connectivity index (χ1) is 48.2. The van der Waals surface area contributed by atoms with Crippen molar-refractivity contribution in [1.82, 2.24) is 0 Å². The second kappa shape index (κ2) is 39.6. The van der Waals surface area contributed by atoms with Crippen molar-refractivity contribution < 1.29 is 71.4 Å². The topological polar surface area (TPSA) is 293 Å². The fourth-order valence-corrected chi connectivity index (χ4v) is 9.96. The summed E-state index contributed by atoms with van der Waals surface area (Å²) in [7, 11) is 8.99. The molecule has 1 aliphatic rings. The average Bonchev–Trinajstić information content (AvgIpc) is 0.781. The number of carbonyl (C=O) groups is 5. The Bertz CT molecular complexity index is 3990. The lowest BCUT2D eigenvalue weighted by atomic mass is 9.86. The third-order valence-electron chi connectivity index (χ3n) is 15.2. The van der Waals surface area contributed by atoms with Gasteiger partial charge < -0.3 is 62.2 Å². The number of rotatable bonds is 34. The quantitative estimate of drug-likeness (QED) is 0.00703. The minimum absolute atomic E-state index is 0.0325. The van der Waals surface area contributed by atoms with Crippen LogP contribution in [0.3, 0.4) is 0 Å². The zero-order chi connectivity index (χ0) is 72.7. The molecule has 0 aromatic heterocycles. The Morgan fingerprint density at radius 1 is 0.390 bits per heavy atom. The summed E-state index contributed by atoms with van der Waals surface area (Å²) in [5.74, 6) is -3.73. The maximum Gasteiger partial charge on any atom is 0.348 e. The van der Waals surface area contributed by atoms with Crippen molar-refractivity contribution in [3.8, 4) is 24.3 Å². The predicted molar refractivity (Wildman–Crippen MR) is 375 cm³/mol. The molecule has 25 heteroatoms. The lowest BCUT2D eigenvalue weighted by Crippen LogP contribution is -2.62. The van der Waals surface area contributed by atoms with Crippen molar-refractivity contribution in [1.29, 1.82) is 21.0 Å². The van der Waals surface area contributed by atoms with Crippen molar-refractivity contribution in [3.63, 3.8) is 0 Å². The fraction of sp³-hybridized carbons (Fsp3) is 0.333. The van der Waals surface area contributed by atoms with E-state index in [9.17, 15) is 45.0 Å². The number of benzene rings is 5. The molecule has 6 rings (SSSR count). The summed E-state index contributed by atoms with van der Waals surface area (Å²) in [6.07, 6.45) is 2.49. The number of carbonyl (C=O) groups excluding carboxylic acids is 5. The van der Waals surface area contributed by atoms with Crippen molar-refractivity contribution >= 4 is 88.7 Å². The van der Waals surface area contributed by atoms with Crippen LogP contribution in [0.2, 0.25) is 0 Å². The summed E-state index contributed by atoms with van der Waals surface area (Å²) >= 11 is 0. The van der Waals surface area contributed by atoms with E-state index in [0.717, 1.165) is 0 Å². The first kappa shape index (κ1) is 77.4. The number of hydrogen-bond acceptors (Lipinski definition) is 24. The molecule has 1 saturated carbocycles. The zero-order valence-electron chi connectivity index (χ0n) is 57.5. The van der Waals surface area contributed by atoms with Crippen molar-refractivity contribution in [2.24, 2.45) is 0 Å². The summed E-state index contributed by atoms with van der Waals surface area (Å²) < 4.78 is 53.8. The predicted octanol–water partition coefficient (Wildman–Crippen LogP) is 10.4. The van der Waals surface area contributed by atoms with Crippen LogP contribution >= 0.6 is 0 Å². The normalized spacial score (nSPS) is 16.2. The molecular weight excluding hydrogens is 1280 g/mol. The maximum atomic E-state index is 12.6. The van der Waals surface area contributed by atoms with Crippen LogP contribution in [0.1, 0.15) is 68.9 Å². The standard InChI is InChI=1S/C75H80N10O15/c1-12-91-71(86)56(43-76)37-51-17-27-60(28-18-51)81(7)47-96-66-42-67(100-85(11)64-35-25-54(26-36-64)40-59(46-79)74(89)94-15-4)69(98-49-83(9)62-31-21-53(22-32-62)39-58(45-78)73(88)93-14-3)70(99-50-84(10)63-33-23-55(24-34-63)41-65(80-6)75(90)95-16-5)68(66)97-48-82(8)61-29-19-52(20-30-61)38-57(44-77)72(87)92-13-2/h17-41,66-70H,12-16,42,47-50H2,1-5,7-11H3/b56-37+,57-38-,58-39-,59-40+,65-41+. The largest absolute Gasteiger partial charge is 0.471 e. The Labute approximate surface area is 582 Å². The molecule has 0 saturated heterocycles. The Kier molecular flexibility index (Phi) is 30.6. The van der Waals surface area contributed by atoms with Crippen LogP contribution in [0, 0.1) is 51.9 Å². The van der Waals surface area contributed by atoms with E-state index in [2.05, 4.69) is 4.85 Å². The summed E-state index contributed by atoms with van der Waals surface area (Å²) in [5.41, 5.74) is 5.29. The summed E-state index contributed by atoms with van der Waals surface area (Å²) in [4.78, 5) is 80.5. The molecule has 0 amide bonds. The number of anilines is 5. The molecule has 520 valence electrons. The van der Waals surface area contributed by atoms with Gasteiger partial charge in [0, 0.05) is 64.4 Å². The summed E-state index contributed by atoms with van der Waals surface area (Å²) in [6, 6.07) is 43.0. The molecule has 5 aromatic rings. The third kappa shape index (κ3) is 22.5. The second-order valence-electron chi connectivity index (χ2n) is 22.2. The minimum Gasteiger partial charge on any atom is -0.471 e. The molecule has 5 aromatic carbocycles. The van der Waals surface area contributed by atoms with Crippen LogP contribution in [-0.4, -0.2) is 156 Å². The molecule has 0 radical (unpaired) electrons. The van der Waals surface area contributed by atoms with Gasteiger partial charge in [-0.2, -0.15) is 21.0 Å². The highest BCUT2D eigenvalue weighted by Crippen LogP contribution is 2.35. The Hall–Kier alpha value is -11.6. The number of nitrogens with zero attached hydrogens (tertiary/aromatic N) is 10. The first-order valence-corrected chi connectivity index (χ1v) is 31.9. The molecule has 5 unspecified atom stereocenters. The number of ether oxygens (including phenoxy) is 9. The molecule has 1 aliphatic carbocycles. The number of hydroxylamine groups is 1. The van der Waals surface area contributed by atoms with Gasteiger partial charge in [0.05, 0.1) is 51.4 Å². The van der Waals surface area contributed by atoms with Crippen molar-refractivity contribution in [3.05, 3.63) is 189 Å². The first-order valence-electron chi connectivity index (χ1n) is 31.9. The molecule has 0 aliphatic heterocycles. The van der Waals surface area contributed by atoms with Crippen LogP contribution < -0.4 is 24.7 Å². The number of hydrogen-bond donors (Lipinski definition) is 0. The Morgan fingerprint density at radius 2 is 0.650 bits per heavy atom. The van der Waals surface area contributed by atoms with E-state index >= 15 is 0 Å². The van der Waals surface area contributed by atoms with Gasteiger partial charge in [0.2, 0.25) is 0 Å². The van der Waals surface area contributed by atoms with Gasteiger partial charge in [-0.05, 0) is 153 Å². The van der Waals surface area contributed by atoms with Crippen LogP contribution in [0.4, 0.5) is 28.4 Å². The molecule has 25 nitrogen and oxygen atoms in total. The van der Waals surface area contributed by atoms with Crippen LogP contribution in [0.5, 0.6) is 0 Å². The molecule has 100 heavy (non-hydrogen) atoms. The second-order valence-corrected chi connectivity index (χ2v) is 22.2. The highest BCUT2D eigenvalue weighted by atomic mass is 16.7. The minimum atomic E-state index is -1.06. The van der Waals surface area contributed by atoms with E-state index in [0.29, 0.717) is 56.3 Å². The monoisotopic (exact) mass is 1360 g/mol. The molecule has 0 bridgehead atoms. The van der Waals surface area contributed by atoms with E-state index < -0.39 is 60.4 Å². The highest BCUT2D eigenvalue weighted by molar-refractivity contribution is 6.00. The van der Waals surface area contributed by atoms with E-state index in [1.165, 1.54) is 30.4 Å². The van der Waals surface area contributed by atoms with Gasteiger partial charge in [-0.3, -0.25) is 14.7 Å². The SMILES string of the molecule is [C-]#[N+]/C(=C/c1ccc(N(C)COC2C(OCN(C)c3ccc(/C=C(/C#N)C(=O)OCC)cc3)C(OCN(C)c3ccc(/C=C(\C#N)C(=O)OCC)cc3)CC(ON(C)c3ccc(/C=C(\C#N)C(=O)OCC)cc3)C2OCN(C)c2ccc(/C=C(/C#N)C(=O)OCC)cc2)cc1)C(=O)OCC. The molecule has 5 atom stereocenters. The van der Waals surface area contributed by atoms with Gasteiger partial charge in [0.15, 0.2) is 0 Å². The lowest BCUT2D eigenvalue weighted by Gasteiger charge is -2.47. The molecule has 0 heterocycles. The average molecular weight is 1360 g/mol. The van der Waals surface area contributed by atoms with E-state index in [4.69, 9.17) is 54.0 Å². The lowest BCUT2D eigenvalue weighted by molar-refractivity contribution is -0.239. The van der Waals surface area contributed by atoms with Crippen LogP contribution in [-0.2, 0) is 71.4 Å². The van der Waals surface area contributed by atoms with Crippen molar-refractivity contribution in [2.75, 3.05) is 120 Å². The van der Waals surface area contributed by atoms with Crippen LogP contribution in [0.15, 0.2) is 149 Å². The number of nitriles is 4. The Morgan fingerprint density at radius 3 is 0.940 bits per heavy atom. The van der Waals surface area contributed by atoms with E-state index in [1.807, 2.05) is 84.2 Å². The van der Waals surface area contributed by atoms with Gasteiger partial charge in [0.25, 0.3) is 5.70 Å². The number of esters is 5. The van der Waals surface area contributed by atoms with Gasteiger partial charge in [0.1, 0.15) is 97.9 Å². The summed E-state index contributed by atoms with van der Waals surface area (Å²) in [6.45, 7) is 16.1. The highest BCUT2D eigenvalue weighted by Gasteiger charge is 2.50. The molecule has 0 spiro atoms. The van der Waals surface area contributed by atoms with Gasteiger partial charge >= 0.3 is 29.8 Å².